The van der Waals surface area contributed by atoms with Crippen LogP contribution in [-0.2, 0) is 0 Å². The summed E-state index contributed by atoms with van der Waals surface area (Å²) in [4.78, 5) is 0. The second kappa shape index (κ2) is 7.86. The van der Waals surface area contributed by atoms with Crippen LogP contribution < -0.4 is 0 Å². The molecule has 1 heteroatoms. The summed E-state index contributed by atoms with van der Waals surface area (Å²) in [6.45, 7) is 5.13. The lowest BCUT2D eigenvalue weighted by atomic mass is 9.93. The van der Waals surface area contributed by atoms with Gasteiger partial charge in [0.05, 0.1) is 0 Å². The molecule has 6 rings (SSSR count). The van der Waals surface area contributed by atoms with Crippen molar-refractivity contribution in [2.24, 2.45) is 0 Å². The van der Waals surface area contributed by atoms with Gasteiger partial charge in [-0.25, -0.2) is 0 Å². The highest BCUT2D eigenvalue weighted by Crippen LogP contribution is 2.52. The second-order valence-corrected chi connectivity index (χ2v) is 14.2. The Morgan fingerprint density at radius 1 is 0.455 bits per heavy atom. The van der Waals surface area contributed by atoms with Gasteiger partial charge in [-0.1, -0.05) is 145 Å². The largest absolute Gasteiger partial charge is 0.105 e. The molecule has 0 aliphatic heterocycles. The molecule has 160 valence electrons. The van der Waals surface area contributed by atoms with Gasteiger partial charge in [0.1, 0.15) is 8.07 Å². The summed E-state index contributed by atoms with van der Waals surface area (Å²) >= 11 is 0. The van der Waals surface area contributed by atoms with Crippen LogP contribution >= 0.6 is 0 Å². The van der Waals surface area contributed by atoms with Gasteiger partial charge in [0.2, 0.25) is 0 Å². The zero-order chi connectivity index (χ0) is 22.4. The molecule has 0 fully saturated rings. The monoisotopic (exact) mass is 440 g/mol. The van der Waals surface area contributed by atoms with Crippen LogP contribution in [0.2, 0.25) is 13.1 Å². The summed E-state index contributed by atoms with van der Waals surface area (Å²) in [5, 5.41) is 3.24. The summed E-state index contributed by atoms with van der Waals surface area (Å²) in [6, 6.07) is 40.1. The van der Waals surface area contributed by atoms with Crippen LogP contribution in [0.25, 0.3) is 12.2 Å². The van der Waals surface area contributed by atoms with Gasteiger partial charge in [0, 0.05) is 11.8 Å². The third-order valence-corrected chi connectivity index (χ3v) is 11.3. The lowest BCUT2D eigenvalue weighted by Gasteiger charge is -2.35. The molecule has 0 amide bonds. The molecule has 0 aromatic heterocycles. The first-order valence-corrected chi connectivity index (χ1v) is 14.9. The topological polar surface area (TPSA) is 0 Å². The SMILES string of the molecule is C[Si](C)(C1=Cc2ccccc2C1c1ccccc1)C1=Cc2ccccc2C1c1ccccc1. The van der Waals surface area contributed by atoms with Gasteiger partial charge in [-0.3, -0.25) is 0 Å². The molecule has 33 heavy (non-hydrogen) atoms. The average Bonchev–Trinajstić information content (AvgIpc) is 3.45. The lowest BCUT2D eigenvalue weighted by Crippen LogP contribution is -2.36. The van der Waals surface area contributed by atoms with E-state index in [4.69, 9.17) is 0 Å². The predicted molar refractivity (Wildman–Crippen MR) is 143 cm³/mol. The van der Waals surface area contributed by atoms with Gasteiger partial charge in [0.25, 0.3) is 0 Å². The van der Waals surface area contributed by atoms with Crippen molar-refractivity contribution in [1.29, 1.82) is 0 Å². The molecule has 2 unspecified atom stereocenters. The summed E-state index contributed by atoms with van der Waals surface area (Å²) in [7, 11) is -2.00. The average molecular weight is 441 g/mol. The quantitative estimate of drug-likeness (QED) is 0.280. The van der Waals surface area contributed by atoms with Crippen LogP contribution in [0.4, 0.5) is 0 Å². The summed E-state index contributed by atoms with van der Waals surface area (Å²) in [6.07, 6.45) is 5.04. The molecule has 0 saturated heterocycles. The van der Waals surface area contributed by atoms with Crippen molar-refractivity contribution < 1.29 is 0 Å². The molecule has 2 aliphatic carbocycles. The fourth-order valence-corrected chi connectivity index (χ4v) is 9.36. The lowest BCUT2D eigenvalue weighted by molar-refractivity contribution is 0.991. The van der Waals surface area contributed by atoms with Crippen molar-refractivity contribution >= 4 is 20.2 Å². The third kappa shape index (κ3) is 3.27. The van der Waals surface area contributed by atoms with Crippen LogP contribution in [0.15, 0.2) is 120 Å². The summed E-state index contributed by atoms with van der Waals surface area (Å²) < 4.78 is 0. The number of rotatable bonds is 4. The molecular formula is C32H28Si. The van der Waals surface area contributed by atoms with Gasteiger partial charge in [-0.2, -0.15) is 0 Å². The van der Waals surface area contributed by atoms with Gasteiger partial charge in [-0.05, 0) is 33.4 Å². The molecule has 2 atom stereocenters. The molecule has 0 nitrogen and oxygen atoms in total. The number of allylic oxidation sites excluding steroid dienone is 2. The molecule has 4 aromatic carbocycles. The van der Waals surface area contributed by atoms with Crippen molar-refractivity contribution in [2.45, 2.75) is 24.9 Å². The van der Waals surface area contributed by atoms with E-state index in [1.807, 2.05) is 0 Å². The Hall–Kier alpha value is -3.42. The Balaban J connectivity index is 1.52. The normalized spacial score (nSPS) is 19.0. The van der Waals surface area contributed by atoms with E-state index >= 15 is 0 Å². The Morgan fingerprint density at radius 2 is 0.818 bits per heavy atom. The maximum atomic E-state index is 2.56. The second-order valence-electron chi connectivity index (χ2n) is 9.77. The van der Waals surface area contributed by atoms with Crippen LogP contribution in [0.5, 0.6) is 0 Å². The molecule has 4 aromatic rings. The van der Waals surface area contributed by atoms with Crippen LogP contribution in [0.1, 0.15) is 45.2 Å². The third-order valence-electron chi connectivity index (χ3n) is 7.57. The van der Waals surface area contributed by atoms with Gasteiger partial charge in [0.15, 0.2) is 0 Å². The minimum atomic E-state index is -2.00. The first-order chi connectivity index (χ1) is 16.1. The minimum absolute atomic E-state index is 0.338. The predicted octanol–water partition coefficient (Wildman–Crippen LogP) is 8.23. The van der Waals surface area contributed by atoms with Crippen molar-refractivity contribution in [3.05, 3.63) is 153 Å². The first-order valence-electron chi connectivity index (χ1n) is 11.9. The molecule has 2 aliphatic rings. The van der Waals surface area contributed by atoms with Crippen LogP contribution in [0, 0.1) is 0 Å². The van der Waals surface area contributed by atoms with Gasteiger partial charge < -0.3 is 0 Å². The van der Waals surface area contributed by atoms with Crippen LogP contribution in [0.3, 0.4) is 0 Å². The summed E-state index contributed by atoms with van der Waals surface area (Å²) in [5.74, 6) is 0.676. The molecule has 0 radical (unpaired) electrons. The zero-order valence-corrected chi connectivity index (χ0v) is 20.2. The molecule has 0 heterocycles. The molecule has 0 spiro atoms. The van der Waals surface area contributed by atoms with Crippen molar-refractivity contribution in [2.75, 3.05) is 0 Å². The first kappa shape index (κ1) is 20.2. The maximum absolute atomic E-state index is 2.56. The van der Waals surface area contributed by atoms with Gasteiger partial charge >= 0.3 is 0 Å². The minimum Gasteiger partial charge on any atom is -0.0642 e. The smallest absolute Gasteiger partial charge is 0.0642 e. The fourth-order valence-electron chi connectivity index (χ4n) is 5.91. The van der Waals surface area contributed by atoms with E-state index in [-0.39, 0.29) is 0 Å². The zero-order valence-electron chi connectivity index (χ0n) is 19.2. The Bertz CT molecular complexity index is 1270. The highest BCUT2D eigenvalue weighted by Gasteiger charge is 2.44. The molecular weight excluding hydrogens is 412 g/mol. The number of hydrogen-bond donors (Lipinski definition) is 0. The highest BCUT2D eigenvalue weighted by atomic mass is 28.3. The molecule has 0 N–H and O–H groups in total. The maximum Gasteiger partial charge on any atom is 0.105 e. The van der Waals surface area contributed by atoms with Crippen LogP contribution in [-0.4, -0.2) is 8.07 Å². The summed E-state index contributed by atoms with van der Waals surface area (Å²) in [5.41, 5.74) is 8.48. The van der Waals surface area contributed by atoms with E-state index in [1.54, 1.807) is 10.4 Å². The fraction of sp³-hybridized carbons (Fsp3) is 0.125. The van der Waals surface area contributed by atoms with E-state index in [0.29, 0.717) is 11.8 Å². The Kier molecular flexibility index (Phi) is 4.81. The number of benzene rings is 4. The van der Waals surface area contributed by atoms with E-state index in [1.165, 1.54) is 33.4 Å². The molecule has 0 saturated carbocycles. The van der Waals surface area contributed by atoms with Crippen molar-refractivity contribution in [3.8, 4) is 0 Å². The van der Waals surface area contributed by atoms with Gasteiger partial charge in [-0.15, -0.1) is 0 Å². The Morgan fingerprint density at radius 3 is 1.24 bits per heavy atom. The number of fused-ring (bicyclic) bond motifs is 2. The molecule has 0 bridgehead atoms. The standard InChI is InChI=1S/C32H28Si/c1-33(2,29-21-25-17-9-11-19-27(25)31(29)23-13-5-3-6-14-23)30-22-26-18-10-12-20-28(26)32(30)24-15-7-4-8-16-24/h3-22,31-32H,1-2H3. The van der Waals surface area contributed by atoms with Crippen molar-refractivity contribution in [1.82, 2.24) is 0 Å². The van der Waals surface area contributed by atoms with E-state index in [9.17, 15) is 0 Å². The van der Waals surface area contributed by atoms with E-state index in [0.717, 1.165) is 0 Å². The van der Waals surface area contributed by atoms with E-state index in [2.05, 4.69) is 134 Å². The Labute approximate surface area is 198 Å². The highest BCUT2D eigenvalue weighted by molar-refractivity contribution is 6.92. The number of hydrogen-bond acceptors (Lipinski definition) is 0. The van der Waals surface area contributed by atoms with Crippen molar-refractivity contribution in [3.63, 3.8) is 0 Å². The van der Waals surface area contributed by atoms with E-state index < -0.39 is 8.07 Å².